The van der Waals surface area contributed by atoms with Gasteiger partial charge in [-0.2, -0.15) is 0 Å². The summed E-state index contributed by atoms with van der Waals surface area (Å²) in [6.45, 7) is 8.33. The highest BCUT2D eigenvalue weighted by molar-refractivity contribution is 5.70. The minimum absolute atomic E-state index is 0.227. The van der Waals surface area contributed by atoms with Crippen LogP contribution in [-0.2, 0) is 14.4 Å². The van der Waals surface area contributed by atoms with Crippen molar-refractivity contribution in [3.8, 4) is 0 Å². The van der Waals surface area contributed by atoms with Gasteiger partial charge in [0.05, 0.1) is 26.2 Å². The number of nitrogens with zero attached hydrogens (tertiary/aromatic N) is 1. The van der Waals surface area contributed by atoms with Crippen molar-refractivity contribution in [2.24, 2.45) is 17.8 Å². The molecule has 0 saturated carbocycles. The first-order valence-electron chi connectivity index (χ1n) is 16.2. The van der Waals surface area contributed by atoms with Gasteiger partial charge in [0.25, 0.3) is 0 Å². The summed E-state index contributed by atoms with van der Waals surface area (Å²) in [5.41, 5.74) is 0. The van der Waals surface area contributed by atoms with Crippen LogP contribution in [0.25, 0.3) is 0 Å². The van der Waals surface area contributed by atoms with Crippen molar-refractivity contribution in [3.63, 3.8) is 0 Å². The number of quaternary nitrogens is 1. The second-order valence-electron chi connectivity index (χ2n) is 12.3. The molecule has 0 spiro atoms. The molecule has 0 aromatic heterocycles. The van der Waals surface area contributed by atoms with Gasteiger partial charge in [-0.15, -0.1) is 0 Å². The Kier molecular flexibility index (Phi) is 22.7. The number of aliphatic carboxylic acids is 3. The zero-order valence-electron chi connectivity index (χ0n) is 26.2. The number of carboxylic acids is 3. The zero-order chi connectivity index (χ0) is 30.2. The van der Waals surface area contributed by atoms with Crippen LogP contribution >= 0.6 is 0 Å². The molecule has 7 nitrogen and oxygen atoms in total. The van der Waals surface area contributed by atoms with E-state index in [4.69, 9.17) is 0 Å². The molecular weight excluding hydrogens is 506 g/mol. The molecule has 3 N–H and O–H groups in total. The predicted octanol–water partition coefficient (Wildman–Crippen LogP) is 8.17. The van der Waals surface area contributed by atoms with Crippen LogP contribution in [-0.4, -0.2) is 63.9 Å². The van der Waals surface area contributed by atoms with Crippen LogP contribution < -0.4 is 0 Å². The van der Waals surface area contributed by atoms with Gasteiger partial charge in [0.2, 0.25) is 0 Å². The normalized spacial score (nSPS) is 15.5. The molecule has 0 aromatic rings. The zero-order valence-corrected chi connectivity index (χ0v) is 26.2. The Morgan fingerprint density at radius 2 is 0.800 bits per heavy atom. The number of unbranched alkanes of at least 4 members (excludes halogenated alkanes) is 16. The maximum atomic E-state index is 11.6. The Morgan fingerprint density at radius 3 is 1.07 bits per heavy atom. The highest BCUT2D eigenvalue weighted by Crippen LogP contribution is 2.22. The summed E-state index contributed by atoms with van der Waals surface area (Å²) in [6, 6.07) is 0. The average molecular weight is 569 g/mol. The fraction of sp³-hybridized carbons (Fsp3) is 0.848. The van der Waals surface area contributed by atoms with Crippen molar-refractivity contribution >= 4 is 17.9 Å². The molecule has 0 rings (SSSR count). The Morgan fingerprint density at radius 1 is 0.525 bits per heavy atom. The van der Waals surface area contributed by atoms with E-state index in [-0.39, 0.29) is 24.1 Å². The molecule has 0 aliphatic carbocycles. The molecule has 0 aliphatic heterocycles. The topological polar surface area (TPSA) is 112 Å². The van der Waals surface area contributed by atoms with E-state index in [1.54, 1.807) is 20.8 Å². The molecule has 3 unspecified atom stereocenters. The first kappa shape index (κ1) is 38.1. The van der Waals surface area contributed by atoms with Crippen molar-refractivity contribution in [3.05, 3.63) is 12.2 Å². The summed E-state index contributed by atoms with van der Waals surface area (Å²) in [6.07, 6.45) is 25.8. The molecule has 0 radical (unpaired) electrons. The Labute approximate surface area is 245 Å². The molecule has 0 bridgehead atoms. The van der Waals surface area contributed by atoms with E-state index in [1.807, 2.05) is 0 Å². The van der Waals surface area contributed by atoms with Gasteiger partial charge in [-0.05, 0) is 53.4 Å². The predicted molar refractivity (Wildman–Crippen MR) is 163 cm³/mol. The van der Waals surface area contributed by atoms with E-state index in [1.165, 1.54) is 89.9 Å². The number of carbonyl (C=O) groups is 3. The monoisotopic (exact) mass is 568 g/mol. The lowest BCUT2D eigenvalue weighted by Gasteiger charge is -2.42. The van der Waals surface area contributed by atoms with Gasteiger partial charge in [0.15, 0.2) is 0 Å². The van der Waals surface area contributed by atoms with Gasteiger partial charge in [0, 0.05) is 0 Å². The minimum atomic E-state index is -0.931. The van der Waals surface area contributed by atoms with Crippen LogP contribution in [0.1, 0.15) is 137 Å². The number of hydrogen-bond acceptors (Lipinski definition) is 3. The second-order valence-corrected chi connectivity index (χ2v) is 12.3. The first-order chi connectivity index (χ1) is 19.0. The van der Waals surface area contributed by atoms with E-state index in [2.05, 4.69) is 19.1 Å². The van der Waals surface area contributed by atoms with Crippen molar-refractivity contribution in [1.82, 2.24) is 0 Å². The lowest BCUT2D eigenvalue weighted by molar-refractivity contribution is -0.934. The summed E-state index contributed by atoms with van der Waals surface area (Å²) >= 11 is 0. The first-order valence-corrected chi connectivity index (χ1v) is 16.2. The van der Waals surface area contributed by atoms with Gasteiger partial charge >= 0.3 is 17.9 Å². The molecule has 0 heterocycles. The van der Waals surface area contributed by atoms with E-state index < -0.39 is 35.7 Å². The number of carboxylic acid groups (broad SMARTS) is 3. The molecular formula is C33H62NO6+. The molecule has 3 atom stereocenters. The molecule has 0 aliphatic rings. The fourth-order valence-electron chi connectivity index (χ4n) is 5.83. The van der Waals surface area contributed by atoms with E-state index in [0.29, 0.717) is 6.54 Å². The van der Waals surface area contributed by atoms with Crippen LogP contribution in [0.3, 0.4) is 0 Å². The minimum Gasteiger partial charge on any atom is -0.481 e. The van der Waals surface area contributed by atoms with Gasteiger partial charge < -0.3 is 19.8 Å². The molecule has 0 saturated heterocycles. The van der Waals surface area contributed by atoms with Crippen molar-refractivity contribution in [2.45, 2.75) is 137 Å². The van der Waals surface area contributed by atoms with E-state index >= 15 is 0 Å². The fourth-order valence-corrected chi connectivity index (χ4v) is 5.83. The van der Waals surface area contributed by atoms with Crippen LogP contribution in [0.15, 0.2) is 12.2 Å². The van der Waals surface area contributed by atoms with Gasteiger partial charge in [0.1, 0.15) is 17.8 Å². The number of hydrogen-bond donors (Lipinski definition) is 3. The van der Waals surface area contributed by atoms with Gasteiger partial charge in [-0.3, -0.25) is 14.4 Å². The maximum absolute atomic E-state index is 11.6. The molecule has 7 heteroatoms. The third kappa shape index (κ3) is 20.1. The Hall–Kier alpha value is -1.89. The third-order valence-corrected chi connectivity index (χ3v) is 8.24. The van der Waals surface area contributed by atoms with E-state index in [9.17, 15) is 29.7 Å². The molecule has 40 heavy (non-hydrogen) atoms. The molecule has 0 amide bonds. The lowest BCUT2D eigenvalue weighted by Crippen LogP contribution is -2.57. The highest BCUT2D eigenvalue weighted by atomic mass is 16.4. The standard InChI is InChI=1S/C33H61NO6/c1-5-6-7-8-9-10-11-12-13-14-15-16-17-18-19-20-21-22-23-24-34(25-28(2)31(35)36,26-29(3)32(37)38)27-30(4)33(39)40/h5-6,28-30H,7-27H2,1-4H3,(H2-,35,36,37,38,39,40)/p+1/b6-5+. The van der Waals surface area contributed by atoms with Gasteiger partial charge in [-0.1, -0.05) is 95.6 Å². The van der Waals surface area contributed by atoms with E-state index in [0.717, 1.165) is 19.3 Å². The lowest BCUT2D eigenvalue weighted by atomic mass is 10.00. The summed E-state index contributed by atoms with van der Waals surface area (Å²) < 4.78 is 0.227. The summed E-state index contributed by atoms with van der Waals surface area (Å²) in [5, 5.41) is 28.6. The van der Waals surface area contributed by atoms with Gasteiger partial charge in [-0.25, -0.2) is 0 Å². The largest absolute Gasteiger partial charge is 0.481 e. The Bertz CT molecular complexity index is 652. The quantitative estimate of drug-likeness (QED) is 0.0498. The summed E-state index contributed by atoms with van der Waals surface area (Å²) in [7, 11) is 0. The summed E-state index contributed by atoms with van der Waals surface area (Å²) in [4.78, 5) is 34.9. The maximum Gasteiger partial charge on any atom is 0.311 e. The van der Waals surface area contributed by atoms with Crippen molar-refractivity contribution in [1.29, 1.82) is 0 Å². The van der Waals surface area contributed by atoms with Crippen molar-refractivity contribution < 1.29 is 34.2 Å². The molecule has 0 aromatic carbocycles. The average Bonchev–Trinajstić information content (AvgIpc) is 2.89. The van der Waals surface area contributed by atoms with Crippen LogP contribution in [0, 0.1) is 17.8 Å². The molecule has 0 fully saturated rings. The molecule has 234 valence electrons. The summed E-state index contributed by atoms with van der Waals surface area (Å²) in [5.74, 6) is -4.79. The number of allylic oxidation sites excluding steroid dienone is 2. The SMILES string of the molecule is C/C=C/CCCCCCCCCCCCCCCCCC[N+](CC(C)C(=O)O)(CC(C)C(=O)O)CC(C)C(=O)O. The van der Waals surface area contributed by atoms with Crippen LogP contribution in [0.4, 0.5) is 0 Å². The smallest absolute Gasteiger partial charge is 0.311 e. The highest BCUT2D eigenvalue weighted by Gasteiger charge is 2.38. The van der Waals surface area contributed by atoms with Crippen molar-refractivity contribution in [2.75, 3.05) is 26.2 Å². The third-order valence-electron chi connectivity index (χ3n) is 8.24. The Balaban J connectivity index is 4.26. The van der Waals surface area contributed by atoms with Crippen LogP contribution in [0.5, 0.6) is 0 Å². The second kappa shape index (κ2) is 23.8. The number of rotatable bonds is 28. The van der Waals surface area contributed by atoms with Crippen LogP contribution in [0.2, 0.25) is 0 Å².